The Morgan fingerprint density at radius 3 is 2.20 bits per heavy atom. The maximum Gasteiger partial charge on any atom is 0.316 e. The Bertz CT molecular complexity index is 964. The van der Waals surface area contributed by atoms with Gasteiger partial charge in [0, 0.05) is 25.4 Å². The van der Waals surface area contributed by atoms with E-state index >= 15 is 0 Å². The number of nitrogens with zero attached hydrogens (tertiary/aromatic N) is 2. The summed E-state index contributed by atoms with van der Waals surface area (Å²) in [5.74, 6) is -1.51. The number of para-hydroxylation sites is 1. The Hall–Kier alpha value is -2.71. The summed E-state index contributed by atoms with van der Waals surface area (Å²) in [5, 5.41) is 0. The van der Waals surface area contributed by atoms with Gasteiger partial charge in [0.05, 0.1) is 24.7 Å². The van der Waals surface area contributed by atoms with Crippen LogP contribution in [-0.2, 0) is 30.7 Å². The van der Waals surface area contributed by atoms with Crippen LogP contribution in [0.5, 0.6) is 0 Å². The first-order chi connectivity index (χ1) is 14.4. The van der Waals surface area contributed by atoms with Gasteiger partial charge in [-0.1, -0.05) is 48.5 Å². The Morgan fingerprint density at radius 1 is 1.00 bits per heavy atom. The maximum atomic E-state index is 13.3. The number of methoxy groups -OCH3 is 1. The number of sulfone groups is 1. The fourth-order valence-corrected chi connectivity index (χ4v) is 5.28. The fourth-order valence-electron chi connectivity index (χ4n) is 3.55. The number of carbonyl (C=O) groups excluding carboxylic acids is 2. The highest BCUT2D eigenvalue weighted by atomic mass is 32.2. The van der Waals surface area contributed by atoms with Crippen molar-refractivity contribution in [3.63, 3.8) is 0 Å². The zero-order valence-corrected chi connectivity index (χ0v) is 17.8. The molecule has 2 amide bonds. The number of rotatable bonds is 7. The Labute approximate surface area is 177 Å². The molecule has 3 rings (SSSR count). The van der Waals surface area contributed by atoms with E-state index in [0.29, 0.717) is 12.1 Å². The maximum absolute atomic E-state index is 13.3. The smallest absolute Gasteiger partial charge is 0.316 e. The summed E-state index contributed by atoms with van der Waals surface area (Å²) in [6, 6.07) is 17.9. The molecule has 0 saturated carbocycles. The molecule has 0 radical (unpaired) electrons. The van der Waals surface area contributed by atoms with Crippen molar-refractivity contribution < 1.29 is 22.7 Å². The predicted molar refractivity (Wildman–Crippen MR) is 115 cm³/mol. The second kappa shape index (κ2) is 9.86. The monoisotopic (exact) mass is 430 g/mol. The Morgan fingerprint density at radius 2 is 1.63 bits per heavy atom. The summed E-state index contributed by atoms with van der Waals surface area (Å²) < 4.78 is 29.0. The Kier molecular flexibility index (Phi) is 7.23. The second-order valence-electron chi connectivity index (χ2n) is 7.26. The normalized spacial score (nSPS) is 17.4. The van der Waals surface area contributed by atoms with Crippen LogP contribution >= 0.6 is 0 Å². The van der Waals surface area contributed by atoms with Gasteiger partial charge in [0.15, 0.2) is 9.84 Å². The van der Waals surface area contributed by atoms with E-state index in [9.17, 15) is 18.0 Å². The van der Waals surface area contributed by atoms with Gasteiger partial charge in [-0.15, -0.1) is 0 Å². The van der Waals surface area contributed by atoms with Gasteiger partial charge in [0.25, 0.3) is 0 Å². The largest absolute Gasteiger partial charge is 0.383 e. The quantitative estimate of drug-likeness (QED) is 0.627. The molecule has 1 fully saturated rings. The van der Waals surface area contributed by atoms with Gasteiger partial charge >= 0.3 is 11.8 Å². The summed E-state index contributed by atoms with van der Waals surface area (Å²) >= 11 is 0. The number of hydrogen-bond donors (Lipinski definition) is 0. The van der Waals surface area contributed by atoms with Crippen LogP contribution < -0.4 is 4.90 Å². The molecule has 2 aromatic rings. The van der Waals surface area contributed by atoms with Crippen molar-refractivity contribution in [2.24, 2.45) is 0 Å². The summed E-state index contributed by atoms with van der Waals surface area (Å²) in [6.45, 7) is 0.616. The third-order valence-corrected chi connectivity index (χ3v) is 6.88. The minimum absolute atomic E-state index is 0.0229. The van der Waals surface area contributed by atoms with Crippen LogP contribution in [0, 0.1) is 0 Å². The summed E-state index contributed by atoms with van der Waals surface area (Å²) in [6.07, 6.45) is 0.328. The van der Waals surface area contributed by atoms with E-state index in [1.165, 1.54) is 16.9 Å². The third kappa shape index (κ3) is 5.46. The molecule has 2 aromatic carbocycles. The molecule has 1 unspecified atom stereocenters. The molecular weight excluding hydrogens is 404 g/mol. The van der Waals surface area contributed by atoms with Gasteiger partial charge < -0.3 is 9.64 Å². The van der Waals surface area contributed by atoms with E-state index in [1.54, 1.807) is 24.3 Å². The molecule has 160 valence electrons. The molecule has 1 saturated heterocycles. The van der Waals surface area contributed by atoms with E-state index in [0.717, 1.165) is 5.56 Å². The molecule has 1 aliphatic rings. The lowest BCUT2D eigenvalue weighted by Crippen LogP contribution is -2.50. The first-order valence-corrected chi connectivity index (χ1v) is 11.6. The minimum Gasteiger partial charge on any atom is -0.383 e. The molecule has 7 nitrogen and oxygen atoms in total. The molecule has 1 aliphatic heterocycles. The van der Waals surface area contributed by atoms with Crippen LogP contribution in [0.1, 0.15) is 12.0 Å². The summed E-state index contributed by atoms with van der Waals surface area (Å²) in [4.78, 5) is 29.3. The average molecular weight is 431 g/mol. The van der Waals surface area contributed by atoms with E-state index in [1.807, 2.05) is 36.4 Å². The Balaban J connectivity index is 1.87. The molecule has 0 bridgehead atoms. The molecule has 0 N–H and O–H groups in total. The standard InChI is InChI=1S/C22H26N2O5S/c1-29-14-13-23(20-12-15-30(27,28)17-20)21(25)22(26)24(19-10-6-3-7-11-19)16-18-8-4-2-5-9-18/h2-11,20H,12-17H2,1H3. The molecule has 1 atom stereocenters. The van der Waals surface area contributed by atoms with Crippen LogP contribution in [-0.4, -0.2) is 62.9 Å². The summed E-state index contributed by atoms with van der Waals surface area (Å²) in [7, 11) is -1.70. The van der Waals surface area contributed by atoms with Crippen molar-refractivity contribution in [2.45, 2.75) is 19.0 Å². The predicted octanol–water partition coefficient (Wildman–Crippen LogP) is 1.88. The van der Waals surface area contributed by atoms with E-state index in [2.05, 4.69) is 0 Å². The molecule has 0 aromatic heterocycles. The molecule has 30 heavy (non-hydrogen) atoms. The number of hydrogen-bond acceptors (Lipinski definition) is 5. The fraction of sp³-hybridized carbons (Fsp3) is 0.364. The molecule has 0 aliphatic carbocycles. The van der Waals surface area contributed by atoms with Crippen molar-refractivity contribution in [1.82, 2.24) is 4.90 Å². The van der Waals surface area contributed by atoms with E-state index in [4.69, 9.17) is 4.74 Å². The highest BCUT2D eigenvalue weighted by molar-refractivity contribution is 7.91. The topological polar surface area (TPSA) is 84.0 Å². The van der Waals surface area contributed by atoms with Crippen LogP contribution in [0.25, 0.3) is 0 Å². The van der Waals surface area contributed by atoms with Gasteiger partial charge in [0.1, 0.15) is 0 Å². The van der Waals surface area contributed by atoms with Gasteiger partial charge in [-0.05, 0) is 24.1 Å². The first kappa shape index (κ1) is 22.0. The lowest BCUT2D eigenvalue weighted by atomic mass is 10.1. The van der Waals surface area contributed by atoms with Gasteiger partial charge in [-0.3, -0.25) is 14.5 Å². The lowest BCUT2D eigenvalue weighted by molar-refractivity contribution is -0.146. The van der Waals surface area contributed by atoms with Gasteiger partial charge in [0.2, 0.25) is 0 Å². The number of amides is 2. The van der Waals surface area contributed by atoms with Crippen LogP contribution in [0.4, 0.5) is 5.69 Å². The highest BCUT2D eigenvalue weighted by Crippen LogP contribution is 2.21. The number of carbonyl (C=O) groups is 2. The number of benzene rings is 2. The SMILES string of the molecule is COCCN(C(=O)C(=O)N(Cc1ccccc1)c1ccccc1)C1CCS(=O)(=O)C1. The van der Waals surface area contributed by atoms with Crippen molar-refractivity contribution >= 4 is 27.3 Å². The van der Waals surface area contributed by atoms with Crippen molar-refractivity contribution in [2.75, 3.05) is 36.7 Å². The van der Waals surface area contributed by atoms with Crippen LogP contribution in [0.3, 0.4) is 0 Å². The van der Waals surface area contributed by atoms with Crippen molar-refractivity contribution in [1.29, 1.82) is 0 Å². The van der Waals surface area contributed by atoms with E-state index in [-0.39, 0.29) is 31.2 Å². The van der Waals surface area contributed by atoms with Crippen LogP contribution in [0.15, 0.2) is 60.7 Å². The molecule has 8 heteroatoms. The lowest BCUT2D eigenvalue weighted by Gasteiger charge is -2.30. The van der Waals surface area contributed by atoms with Gasteiger partial charge in [-0.25, -0.2) is 8.42 Å². The molecule has 1 heterocycles. The average Bonchev–Trinajstić information content (AvgIpc) is 3.12. The minimum atomic E-state index is -3.21. The van der Waals surface area contributed by atoms with Crippen LogP contribution in [0.2, 0.25) is 0 Å². The van der Waals surface area contributed by atoms with Crippen molar-refractivity contribution in [3.8, 4) is 0 Å². The van der Waals surface area contributed by atoms with Crippen molar-refractivity contribution in [3.05, 3.63) is 66.2 Å². The number of anilines is 1. The molecule has 0 spiro atoms. The first-order valence-electron chi connectivity index (χ1n) is 9.82. The van der Waals surface area contributed by atoms with E-state index < -0.39 is 27.7 Å². The third-order valence-electron chi connectivity index (χ3n) is 5.13. The zero-order valence-electron chi connectivity index (χ0n) is 16.9. The zero-order chi connectivity index (χ0) is 21.6. The second-order valence-corrected chi connectivity index (χ2v) is 9.49. The highest BCUT2D eigenvalue weighted by Gasteiger charge is 2.38. The van der Waals surface area contributed by atoms with Gasteiger partial charge in [-0.2, -0.15) is 0 Å². The summed E-state index contributed by atoms with van der Waals surface area (Å²) in [5.41, 5.74) is 1.49. The molecular formula is C22H26N2O5S. The number of ether oxygens (including phenoxy) is 1.